The number of hydrogen-bond acceptors (Lipinski definition) is 3. The average molecular weight is 328 g/mol. The van der Waals surface area contributed by atoms with E-state index in [9.17, 15) is 8.42 Å². The largest absolute Gasteiger partial charge is 0.273 e. The Morgan fingerprint density at radius 1 is 1.30 bits per heavy atom. The first-order valence-corrected chi connectivity index (χ1v) is 9.22. The van der Waals surface area contributed by atoms with Crippen LogP contribution in [0.4, 0.5) is 5.69 Å². The quantitative estimate of drug-likeness (QED) is 0.807. The molecule has 1 aromatic heterocycles. The lowest BCUT2D eigenvalue weighted by atomic mass is 10.0. The zero-order valence-electron chi connectivity index (χ0n) is 10.8. The van der Waals surface area contributed by atoms with Gasteiger partial charge in [0.25, 0.3) is 10.0 Å². The number of alkyl halides is 1. The second-order valence-electron chi connectivity index (χ2n) is 4.72. The smallest absolute Gasteiger partial charge is 0.265 e. The minimum atomic E-state index is -3.47. The van der Waals surface area contributed by atoms with Crippen LogP contribution in [0.5, 0.6) is 0 Å². The molecule has 0 saturated carbocycles. The summed E-state index contributed by atoms with van der Waals surface area (Å²) in [5.41, 5.74) is 2.75. The Labute approximate surface area is 127 Å². The highest BCUT2D eigenvalue weighted by Gasteiger charge is 2.29. The van der Waals surface area contributed by atoms with Gasteiger partial charge in [-0.15, -0.1) is 22.9 Å². The van der Waals surface area contributed by atoms with Gasteiger partial charge >= 0.3 is 0 Å². The van der Waals surface area contributed by atoms with Gasteiger partial charge in [0.1, 0.15) is 4.21 Å². The molecule has 0 N–H and O–H groups in total. The van der Waals surface area contributed by atoms with E-state index in [0.29, 0.717) is 16.6 Å². The molecule has 1 aliphatic heterocycles. The third-order valence-electron chi connectivity index (χ3n) is 3.40. The van der Waals surface area contributed by atoms with Gasteiger partial charge in [-0.1, -0.05) is 18.2 Å². The fourth-order valence-electron chi connectivity index (χ4n) is 2.42. The maximum Gasteiger partial charge on any atom is 0.273 e. The highest BCUT2D eigenvalue weighted by Crippen LogP contribution is 2.33. The van der Waals surface area contributed by atoms with Crippen LogP contribution < -0.4 is 4.31 Å². The van der Waals surface area contributed by atoms with Crippen LogP contribution >= 0.6 is 22.9 Å². The zero-order valence-corrected chi connectivity index (χ0v) is 13.1. The van der Waals surface area contributed by atoms with Gasteiger partial charge in [-0.2, -0.15) is 0 Å². The van der Waals surface area contributed by atoms with Gasteiger partial charge < -0.3 is 0 Å². The van der Waals surface area contributed by atoms with Gasteiger partial charge in [-0.3, -0.25) is 4.31 Å². The molecule has 1 aliphatic rings. The second kappa shape index (κ2) is 5.39. The Morgan fingerprint density at radius 3 is 2.85 bits per heavy atom. The van der Waals surface area contributed by atoms with Crippen LogP contribution in [0.25, 0.3) is 0 Å². The molecule has 0 amide bonds. The van der Waals surface area contributed by atoms with Crippen LogP contribution in [0.2, 0.25) is 0 Å². The summed E-state index contributed by atoms with van der Waals surface area (Å²) in [6.45, 7) is 0.535. The van der Waals surface area contributed by atoms with Crippen molar-refractivity contribution in [2.75, 3.05) is 10.8 Å². The third kappa shape index (κ3) is 2.34. The van der Waals surface area contributed by atoms with Gasteiger partial charge in [0.2, 0.25) is 0 Å². The average Bonchev–Trinajstić information content (AvgIpc) is 2.96. The van der Waals surface area contributed by atoms with E-state index >= 15 is 0 Å². The van der Waals surface area contributed by atoms with E-state index in [1.54, 1.807) is 11.4 Å². The molecule has 0 radical (unpaired) electrons. The monoisotopic (exact) mass is 327 g/mol. The summed E-state index contributed by atoms with van der Waals surface area (Å²) in [5, 5.41) is 1.80. The Hall–Kier alpha value is -1.04. The standard InChI is InChI=1S/C14H14ClNO2S2/c15-9-11-8-14(19-10-11)20(17,18)16-7-3-5-12-4-1-2-6-13(12)16/h1-2,4,6,8,10H,3,5,7,9H2. The molecule has 20 heavy (non-hydrogen) atoms. The number of nitrogens with zero attached hydrogens (tertiary/aromatic N) is 1. The summed E-state index contributed by atoms with van der Waals surface area (Å²) in [4.78, 5) is 0. The molecule has 0 atom stereocenters. The number of para-hydroxylation sites is 1. The molecule has 106 valence electrons. The predicted molar refractivity (Wildman–Crippen MR) is 83.2 cm³/mol. The van der Waals surface area contributed by atoms with E-state index in [1.807, 2.05) is 24.3 Å². The summed E-state index contributed by atoms with van der Waals surface area (Å²) in [7, 11) is -3.47. The first-order valence-electron chi connectivity index (χ1n) is 6.37. The van der Waals surface area contributed by atoms with E-state index < -0.39 is 10.0 Å². The van der Waals surface area contributed by atoms with E-state index in [-0.39, 0.29) is 0 Å². The minimum absolute atomic E-state index is 0.336. The van der Waals surface area contributed by atoms with Crippen LogP contribution in [0.1, 0.15) is 17.5 Å². The first-order chi connectivity index (χ1) is 9.63. The second-order valence-corrected chi connectivity index (χ2v) is 7.98. The number of aryl methyl sites for hydroxylation is 1. The van der Waals surface area contributed by atoms with Gasteiger partial charge in [0.05, 0.1) is 5.69 Å². The Balaban J connectivity index is 2.04. The number of sulfonamides is 1. The molecule has 3 nitrogen and oxygen atoms in total. The van der Waals surface area contributed by atoms with Crippen LogP contribution in [-0.2, 0) is 22.3 Å². The summed E-state index contributed by atoms with van der Waals surface area (Å²) >= 11 is 6.99. The lowest BCUT2D eigenvalue weighted by Gasteiger charge is -2.29. The van der Waals surface area contributed by atoms with E-state index in [0.717, 1.165) is 29.7 Å². The molecular formula is C14H14ClNO2S2. The molecule has 0 fully saturated rings. The maximum atomic E-state index is 12.8. The van der Waals surface area contributed by atoms with Crippen molar-refractivity contribution in [3.8, 4) is 0 Å². The van der Waals surface area contributed by atoms with Crippen molar-refractivity contribution < 1.29 is 8.42 Å². The number of thiophene rings is 1. The fourth-order valence-corrected chi connectivity index (χ4v) is 5.52. The topological polar surface area (TPSA) is 37.4 Å². The SMILES string of the molecule is O=S(=O)(c1cc(CCl)cs1)N1CCCc2ccccc21. The lowest BCUT2D eigenvalue weighted by Crippen LogP contribution is -2.35. The fraction of sp³-hybridized carbons (Fsp3) is 0.286. The predicted octanol–water partition coefficient (Wildman–Crippen LogP) is 3.63. The van der Waals surface area contributed by atoms with Crippen LogP contribution in [0.3, 0.4) is 0 Å². The molecule has 2 aromatic rings. The summed E-state index contributed by atoms with van der Waals surface area (Å²) in [5.74, 6) is 0.336. The summed E-state index contributed by atoms with van der Waals surface area (Å²) in [6.07, 6.45) is 1.78. The third-order valence-corrected chi connectivity index (χ3v) is 6.98. The number of halogens is 1. The summed E-state index contributed by atoms with van der Waals surface area (Å²) in [6, 6.07) is 9.37. The molecule has 0 saturated heterocycles. The van der Waals surface area contributed by atoms with Crippen molar-refractivity contribution in [1.82, 2.24) is 0 Å². The molecule has 0 aliphatic carbocycles. The highest BCUT2D eigenvalue weighted by molar-refractivity contribution is 7.94. The Bertz CT molecular complexity index is 724. The molecule has 1 aromatic carbocycles. The van der Waals surface area contributed by atoms with E-state index in [4.69, 9.17) is 11.6 Å². The number of hydrogen-bond donors (Lipinski definition) is 0. The Morgan fingerprint density at radius 2 is 2.10 bits per heavy atom. The molecule has 0 spiro atoms. The van der Waals surface area contributed by atoms with Gasteiger partial charge in [0, 0.05) is 12.4 Å². The van der Waals surface area contributed by atoms with Crippen LogP contribution in [0, 0.1) is 0 Å². The molecule has 6 heteroatoms. The number of anilines is 1. The van der Waals surface area contributed by atoms with E-state index in [1.165, 1.54) is 15.6 Å². The molecular weight excluding hydrogens is 314 g/mol. The van der Waals surface area contributed by atoms with Crippen molar-refractivity contribution in [3.63, 3.8) is 0 Å². The highest BCUT2D eigenvalue weighted by atomic mass is 35.5. The minimum Gasteiger partial charge on any atom is -0.265 e. The van der Waals surface area contributed by atoms with Gasteiger partial charge in [-0.05, 0) is 41.5 Å². The number of benzene rings is 1. The van der Waals surface area contributed by atoms with Crippen molar-refractivity contribution >= 4 is 38.6 Å². The Kier molecular flexibility index (Phi) is 3.75. The first kappa shape index (κ1) is 13.9. The van der Waals surface area contributed by atoms with E-state index in [2.05, 4.69) is 0 Å². The zero-order chi connectivity index (χ0) is 14.2. The van der Waals surface area contributed by atoms with Crippen LogP contribution in [-0.4, -0.2) is 15.0 Å². The van der Waals surface area contributed by atoms with Gasteiger partial charge in [0.15, 0.2) is 0 Å². The normalized spacial score (nSPS) is 15.2. The van der Waals surface area contributed by atoms with Crippen molar-refractivity contribution in [2.24, 2.45) is 0 Å². The van der Waals surface area contributed by atoms with Crippen molar-refractivity contribution in [1.29, 1.82) is 0 Å². The molecule has 0 unspecified atom stereocenters. The van der Waals surface area contributed by atoms with Crippen molar-refractivity contribution in [3.05, 3.63) is 46.8 Å². The van der Waals surface area contributed by atoms with Gasteiger partial charge in [-0.25, -0.2) is 8.42 Å². The van der Waals surface area contributed by atoms with Crippen LogP contribution in [0.15, 0.2) is 39.9 Å². The number of fused-ring (bicyclic) bond motifs is 1. The number of rotatable bonds is 3. The van der Waals surface area contributed by atoms with Crippen molar-refractivity contribution in [2.45, 2.75) is 22.9 Å². The lowest BCUT2D eigenvalue weighted by molar-refractivity contribution is 0.588. The molecule has 2 heterocycles. The molecule has 0 bridgehead atoms. The maximum absolute atomic E-state index is 12.8. The molecule has 3 rings (SSSR count). The summed E-state index contributed by atoms with van der Waals surface area (Å²) < 4.78 is 27.4.